The maximum Gasteiger partial charge on any atom is -0.00107 e. The summed E-state index contributed by atoms with van der Waals surface area (Å²) in [6, 6.07) is 11.4. The van der Waals surface area contributed by atoms with E-state index in [-0.39, 0.29) is 0 Å². The molecule has 0 saturated heterocycles. The molecule has 2 aliphatic rings. The largest absolute Gasteiger partial charge is 0.0619 e. The van der Waals surface area contributed by atoms with E-state index in [1.165, 1.54) is 42.4 Å². The number of hydrogen-bond donors (Lipinski definition) is 0. The molecule has 0 nitrogen and oxygen atoms in total. The van der Waals surface area contributed by atoms with E-state index in [0.29, 0.717) is 0 Å². The average molecular weight is 234 g/mol. The van der Waals surface area contributed by atoms with Gasteiger partial charge in [0.1, 0.15) is 0 Å². The summed E-state index contributed by atoms with van der Waals surface area (Å²) < 4.78 is 0. The molecule has 0 bridgehead atoms. The highest BCUT2D eigenvalue weighted by Gasteiger charge is 2.24. The predicted molar refractivity (Wildman–Crippen MR) is 76.1 cm³/mol. The van der Waals surface area contributed by atoms with Crippen molar-refractivity contribution in [3.8, 4) is 11.1 Å². The van der Waals surface area contributed by atoms with E-state index in [0.717, 1.165) is 6.42 Å². The third-order valence-electron chi connectivity index (χ3n) is 4.73. The van der Waals surface area contributed by atoms with Crippen LogP contribution in [-0.2, 0) is 19.3 Å². The van der Waals surface area contributed by atoms with Crippen molar-refractivity contribution in [2.45, 2.75) is 39.0 Å². The maximum absolute atomic E-state index is 2.49. The number of fused-ring (bicyclic) bond motifs is 4. The molecule has 0 N–H and O–H groups in total. The Balaban J connectivity index is 1.99. The Morgan fingerprint density at radius 3 is 2.61 bits per heavy atom. The highest BCUT2D eigenvalue weighted by molar-refractivity contribution is 5.79. The quantitative estimate of drug-likeness (QED) is 0.539. The second-order valence-electron chi connectivity index (χ2n) is 5.71. The number of benzene rings is 2. The molecule has 0 heteroatoms. The van der Waals surface area contributed by atoms with E-state index >= 15 is 0 Å². The molecule has 0 atom stereocenters. The van der Waals surface area contributed by atoms with Gasteiger partial charge < -0.3 is 0 Å². The molecule has 0 unspecified atom stereocenters. The van der Waals surface area contributed by atoms with E-state index in [1.54, 1.807) is 22.3 Å². The Kier molecular flexibility index (Phi) is 2.14. The SMILES string of the molecule is Cc1c2c(cc3c1Cc1ccccc1-3)CCCC2. The van der Waals surface area contributed by atoms with Crippen LogP contribution < -0.4 is 0 Å². The zero-order chi connectivity index (χ0) is 12.1. The third-order valence-corrected chi connectivity index (χ3v) is 4.73. The molecular formula is C18H18. The minimum absolute atomic E-state index is 1.14. The van der Waals surface area contributed by atoms with E-state index < -0.39 is 0 Å². The van der Waals surface area contributed by atoms with Gasteiger partial charge in [-0.3, -0.25) is 0 Å². The molecule has 0 fully saturated rings. The molecule has 0 radical (unpaired) electrons. The first-order valence-electron chi connectivity index (χ1n) is 7.07. The van der Waals surface area contributed by atoms with Gasteiger partial charge >= 0.3 is 0 Å². The molecule has 0 amide bonds. The molecule has 18 heavy (non-hydrogen) atoms. The van der Waals surface area contributed by atoms with E-state index in [1.807, 2.05) is 0 Å². The van der Waals surface area contributed by atoms with Gasteiger partial charge in [-0.05, 0) is 78.0 Å². The van der Waals surface area contributed by atoms with Crippen molar-refractivity contribution >= 4 is 0 Å². The molecule has 2 aliphatic carbocycles. The lowest BCUT2D eigenvalue weighted by Gasteiger charge is -2.21. The summed E-state index contributed by atoms with van der Waals surface area (Å²) in [6.07, 6.45) is 6.47. The van der Waals surface area contributed by atoms with Crippen LogP contribution in [0.1, 0.15) is 40.7 Å². The highest BCUT2D eigenvalue weighted by atomic mass is 14.3. The third kappa shape index (κ3) is 1.32. The molecule has 0 saturated carbocycles. The predicted octanol–water partition coefficient (Wildman–Crippen LogP) is 4.45. The monoisotopic (exact) mass is 234 g/mol. The average Bonchev–Trinajstić information content (AvgIpc) is 2.79. The van der Waals surface area contributed by atoms with Crippen molar-refractivity contribution in [3.05, 3.63) is 58.1 Å². The Hall–Kier alpha value is -1.56. The first-order chi connectivity index (χ1) is 8.84. The van der Waals surface area contributed by atoms with Crippen LogP contribution in [0.15, 0.2) is 30.3 Å². The maximum atomic E-state index is 2.49. The van der Waals surface area contributed by atoms with Gasteiger partial charge in [-0.1, -0.05) is 30.3 Å². The van der Waals surface area contributed by atoms with Crippen molar-refractivity contribution < 1.29 is 0 Å². The summed E-state index contributed by atoms with van der Waals surface area (Å²) in [5, 5.41) is 0. The van der Waals surface area contributed by atoms with E-state index in [4.69, 9.17) is 0 Å². The Morgan fingerprint density at radius 2 is 1.67 bits per heavy atom. The van der Waals surface area contributed by atoms with Crippen LogP contribution in [0.5, 0.6) is 0 Å². The van der Waals surface area contributed by atoms with Crippen molar-refractivity contribution in [2.75, 3.05) is 0 Å². The number of rotatable bonds is 0. The van der Waals surface area contributed by atoms with Crippen molar-refractivity contribution in [1.29, 1.82) is 0 Å². The summed E-state index contributed by atoms with van der Waals surface area (Å²) in [7, 11) is 0. The van der Waals surface area contributed by atoms with Crippen molar-refractivity contribution in [1.82, 2.24) is 0 Å². The van der Waals surface area contributed by atoms with Crippen LogP contribution >= 0.6 is 0 Å². The summed E-state index contributed by atoms with van der Waals surface area (Å²) in [4.78, 5) is 0. The zero-order valence-electron chi connectivity index (χ0n) is 10.9. The number of hydrogen-bond acceptors (Lipinski definition) is 0. The van der Waals surface area contributed by atoms with E-state index in [2.05, 4.69) is 37.3 Å². The first kappa shape index (κ1) is 10.4. The van der Waals surface area contributed by atoms with Crippen LogP contribution in [0.4, 0.5) is 0 Å². The van der Waals surface area contributed by atoms with Gasteiger partial charge in [0.15, 0.2) is 0 Å². The summed E-state index contributed by atoms with van der Waals surface area (Å²) in [5.74, 6) is 0. The van der Waals surface area contributed by atoms with Crippen LogP contribution in [-0.4, -0.2) is 0 Å². The highest BCUT2D eigenvalue weighted by Crippen LogP contribution is 2.41. The summed E-state index contributed by atoms with van der Waals surface area (Å²) in [5.41, 5.74) is 11.0. The van der Waals surface area contributed by atoms with Gasteiger partial charge in [0.2, 0.25) is 0 Å². The normalized spacial score (nSPS) is 16.1. The second kappa shape index (κ2) is 3.71. The number of aryl methyl sites for hydroxylation is 1. The van der Waals surface area contributed by atoms with Gasteiger partial charge in [0.05, 0.1) is 0 Å². The Morgan fingerprint density at radius 1 is 0.833 bits per heavy atom. The van der Waals surface area contributed by atoms with Crippen LogP contribution in [0.2, 0.25) is 0 Å². The molecular weight excluding hydrogens is 216 g/mol. The zero-order valence-corrected chi connectivity index (χ0v) is 10.9. The lowest BCUT2D eigenvalue weighted by molar-refractivity contribution is 0.681. The van der Waals surface area contributed by atoms with Gasteiger partial charge in [0.25, 0.3) is 0 Å². The molecule has 2 aromatic carbocycles. The Labute approximate surface area is 109 Å². The van der Waals surface area contributed by atoms with Crippen LogP contribution in [0, 0.1) is 6.92 Å². The van der Waals surface area contributed by atoms with Crippen LogP contribution in [0.3, 0.4) is 0 Å². The fraction of sp³-hybridized carbons (Fsp3) is 0.333. The minimum atomic E-state index is 1.14. The van der Waals surface area contributed by atoms with Crippen LogP contribution in [0.25, 0.3) is 11.1 Å². The topological polar surface area (TPSA) is 0 Å². The lowest BCUT2D eigenvalue weighted by atomic mass is 9.84. The molecule has 4 rings (SSSR count). The summed E-state index contributed by atoms with van der Waals surface area (Å²) >= 11 is 0. The Bertz CT molecular complexity index is 635. The second-order valence-corrected chi connectivity index (χ2v) is 5.71. The molecule has 90 valence electrons. The lowest BCUT2D eigenvalue weighted by Crippen LogP contribution is -2.07. The molecule has 0 aliphatic heterocycles. The first-order valence-corrected chi connectivity index (χ1v) is 7.07. The van der Waals surface area contributed by atoms with Gasteiger partial charge in [0, 0.05) is 0 Å². The van der Waals surface area contributed by atoms with E-state index in [9.17, 15) is 0 Å². The van der Waals surface area contributed by atoms with Crippen molar-refractivity contribution in [2.24, 2.45) is 0 Å². The smallest absolute Gasteiger partial charge is 0.00107 e. The fourth-order valence-electron chi connectivity index (χ4n) is 3.76. The fourth-order valence-corrected chi connectivity index (χ4v) is 3.76. The standard InChI is InChI=1S/C18H18/c1-12-15-8-4-2-6-13(15)11-18-16-9-5-3-7-14(16)10-17(12)18/h3,5,7,9,11H,2,4,6,8,10H2,1H3. The molecule has 2 aromatic rings. The van der Waals surface area contributed by atoms with Crippen molar-refractivity contribution in [3.63, 3.8) is 0 Å². The molecule has 0 heterocycles. The van der Waals surface area contributed by atoms with Gasteiger partial charge in [-0.2, -0.15) is 0 Å². The molecule has 0 spiro atoms. The summed E-state index contributed by atoms with van der Waals surface area (Å²) in [6.45, 7) is 2.34. The van der Waals surface area contributed by atoms with Gasteiger partial charge in [-0.25, -0.2) is 0 Å². The molecule has 0 aromatic heterocycles. The minimum Gasteiger partial charge on any atom is -0.0619 e. The van der Waals surface area contributed by atoms with Gasteiger partial charge in [-0.15, -0.1) is 0 Å².